The van der Waals surface area contributed by atoms with Crippen LogP contribution in [-0.4, -0.2) is 31.1 Å². The topological polar surface area (TPSA) is 69.1 Å². The van der Waals surface area contributed by atoms with Crippen LogP contribution < -0.4 is 0 Å². The molecule has 0 radical (unpaired) electrons. The van der Waals surface area contributed by atoms with Gasteiger partial charge in [-0.05, 0) is 17.7 Å². The van der Waals surface area contributed by atoms with E-state index in [1.807, 2.05) is 12.5 Å². The number of nitrogens with zero attached hydrogens (tertiary/aromatic N) is 5. The van der Waals surface area contributed by atoms with Crippen LogP contribution in [-0.2, 0) is 0 Å². The molecule has 6 nitrogen and oxygen atoms in total. The highest BCUT2D eigenvalue weighted by atomic mass is 35.5. The van der Waals surface area contributed by atoms with Gasteiger partial charge in [0, 0.05) is 6.20 Å². The van der Waals surface area contributed by atoms with Crippen molar-refractivity contribution in [2.45, 2.75) is 25.0 Å². The Morgan fingerprint density at radius 2 is 2.15 bits per heavy atom. The molecule has 0 saturated heterocycles. The van der Waals surface area contributed by atoms with Crippen LogP contribution in [0.5, 0.6) is 0 Å². The van der Waals surface area contributed by atoms with Gasteiger partial charge in [-0.25, -0.2) is 9.50 Å². The number of fused-ring (bicyclic) bond motifs is 1. The van der Waals surface area contributed by atoms with Crippen molar-refractivity contribution in [3.8, 4) is 11.5 Å². The molecule has 3 rings (SSSR count). The minimum atomic E-state index is 0.225. The van der Waals surface area contributed by atoms with Crippen LogP contribution >= 0.6 is 23.4 Å². The summed E-state index contributed by atoms with van der Waals surface area (Å²) in [6.45, 7) is 4.15. The summed E-state index contributed by atoms with van der Waals surface area (Å²) in [5, 5.41) is 13.2. The van der Waals surface area contributed by atoms with E-state index in [-0.39, 0.29) is 5.92 Å². The van der Waals surface area contributed by atoms with Gasteiger partial charge in [0.15, 0.2) is 5.15 Å². The first kappa shape index (κ1) is 13.4. The van der Waals surface area contributed by atoms with Crippen LogP contribution in [0.2, 0.25) is 5.15 Å². The van der Waals surface area contributed by atoms with E-state index in [2.05, 4.69) is 34.1 Å². The van der Waals surface area contributed by atoms with Gasteiger partial charge < -0.3 is 4.42 Å². The van der Waals surface area contributed by atoms with Crippen molar-refractivity contribution in [1.82, 2.24) is 24.8 Å². The lowest BCUT2D eigenvalue weighted by molar-refractivity contribution is 0.466. The Morgan fingerprint density at radius 3 is 2.80 bits per heavy atom. The zero-order valence-electron chi connectivity index (χ0n) is 11.2. The van der Waals surface area contributed by atoms with Crippen molar-refractivity contribution in [2.75, 3.05) is 6.26 Å². The van der Waals surface area contributed by atoms with Crippen LogP contribution in [0.25, 0.3) is 17.0 Å². The molecular formula is C12H12ClN5OS. The largest absolute Gasteiger partial charge is 0.411 e. The van der Waals surface area contributed by atoms with E-state index in [0.717, 1.165) is 16.6 Å². The maximum atomic E-state index is 6.20. The summed E-state index contributed by atoms with van der Waals surface area (Å²) in [7, 11) is 0. The van der Waals surface area contributed by atoms with Crippen molar-refractivity contribution in [2.24, 2.45) is 0 Å². The molecular weight excluding hydrogens is 298 g/mol. The quantitative estimate of drug-likeness (QED) is 0.692. The Morgan fingerprint density at radius 1 is 1.35 bits per heavy atom. The van der Waals surface area contributed by atoms with E-state index in [9.17, 15) is 0 Å². The maximum absolute atomic E-state index is 6.20. The number of thioether (sulfide) groups is 1. The SMILES string of the molecule is CSc1nnc(-c2cn3ncnc(Cl)c3c2C(C)C)o1. The molecule has 8 heteroatoms. The van der Waals surface area contributed by atoms with Crippen LogP contribution in [0.3, 0.4) is 0 Å². The summed E-state index contributed by atoms with van der Waals surface area (Å²) in [5.41, 5.74) is 2.63. The van der Waals surface area contributed by atoms with Gasteiger partial charge in [0.05, 0.1) is 5.56 Å². The molecule has 0 aromatic carbocycles. The average molecular weight is 310 g/mol. The Bertz CT molecular complexity index is 766. The van der Waals surface area contributed by atoms with Gasteiger partial charge in [-0.3, -0.25) is 0 Å². The highest BCUT2D eigenvalue weighted by Gasteiger charge is 2.22. The predicted molar refractivity (Wildman–Crippen MR) is 77.2 cm³/mol. The normalized spacial score (nSPS) is 11.7. The molecule has 3 aromatic rings. The van der Waals surface area contributed by atoms with Gasteiger partial charge in [-0.15, -0.1) is 10.2 Å². The minimum absolute atomic E-state index is 0.225. The molecule has 3 aromatic heterocycles. The van der Waals surface area contributed by atoms with Gasteiger partial charge >= 0.3 is 0 Å². The summed E-state index contributed by atoms with van der Waals surface area (Å²) in [4.78, 5) is 4.04. The Kier molecular flexibility index (Phi) is 3.39. The zero-order chi connectivity index (χ0) is 14.3. The third kappa shape index (κ3) is 2.06. The van der Waals surface area contributed by atoms with Gasteiger partial charge in [-0.2, -0.15) is 5.10 Å². The molecule has 0 fully saturated rings. The Balaban J connectivity index is 2.29. The molecule has 0 aliphatic heterocycles. The highest BCUT2D eigenvalue weighted by molar-refractivity contribution is 7.98. The van der Waals surface area contributed by atoms with Gasteiger partial charge in [0.2, 0.25) is 0 Å². The standard InChI is InChI=1S/C12H12ClN5OS/c1-6(2)8-7(11-16-17-12(19-11)20-3)4-18-9(8)10(13)14-5-15-18/h4-6H,1-3H3. The van der Waals surface area contributed by atoms with Crippen LogP contribution in [0.4, 0.5) is 0 Å². The number of aromatic nitrogens is 5. The summed E-state index contributed by atoms with van der Waals surface area (Å²) < 4.78 is 7.31. The van der Waals surface area contributed by atoms with Crippen molar-refractivity contribution < 1.29 is 4.42 Å². The molecule has 0 bridgehead atoms. The second-order valence-electron chi connectivity index (χ2n) is 4.53. The van der Waals surface area contributed by atoms with E-state index >= 15 is 0 Å². The number of rotatable bonds is 3. The highest BCUT2D eigenvalue weighted by Crippen LogP contribution is 2.35. The minimum Gasteiger partial charge on any atom is -0.411 e. The molecule has 3 heterocycles. The summed E-state index contributed by atoms with van der Waals surface area (Å²) in [6, 6.07) is 0. The van der Waals surface area contributed by atoms with Gasteiger partial charge in [-0.1, -0.05) is 37.2 Å². The van der Waals surface area contributed by atoms with E-state index in [1.54, 1.807) is 4.52 Å². The Hall–Kier alpha value is -1.60. The zero-order valence-corrected chi connectivity index (χ0v) is 12.7. The molecule has 20 heavy (non-hydrogen) atoms. The second-order valence-corrected chi connectivity index (χ2v) is 5.65. The summed E-state index contributed by atoms with van der Waals surface area (Å²) in [5.74, 6) is 0.697. The van der Waals surface area contributed by atoms with Crippen molar-refractivity contribution >= 4 is 28.9 Å². The summed E-state index contributed by atoms with van der Waals surface area (Å²) in [6.07, 6.45) is 5.15. The van der Waals surface area contributed by atoms with Crippen molar-refractivity contribution in [1.29, 1.82) is 0 Å². The number of halogens is 1. The average Bonchev–Trinajstić information content (AvgIpc) is 3.02. The monoisotopic (exact) mass is 309 g/mol. The fraction of sp³-hybridized carbons (Fsp3) is 0.333. The molecule has 0 unspecified atom stereocenters. The first-order chi connectivity index (χ1) is 9.61. The number of hydrogen-bond donors (Lipinski definition) is 0. The van der Waals surface area contributed by atoms with E-state index in [1.165, 1.54) is 18.1 Å². The third-order valence-electron chi connectivity index (χ3n) is 2.96. The van der Waals surface area contributed by atoms with Crippen LogP contribution in [0.15, 0.2) is 22.2 Å². The van der Waals surface area contributed by atoms with Crippen molar-refractivity contribution in [3.05, 3.63) is 23.2 Å². The molecule has 104 valence electrons. The van der Waals surface area contributed by atoms with Crippen molar-refractivity contribution in [3.63, 3.8) is 0 Å². The Labute approximate surface area is 124 Å². The maximum Gasteiger partial charge on any atom is 0.276 e. The first-order valence-corrected chi connectivity index (χ1v) is 7.61. The lowest BCUT2D eigenvalue weighted by Gasteiger charge is -2.06. The molecule has 0 saturated carbocycles. The summed E-state index contributed by atoms with van der Waals surface area (Å²) >= 11 is 7.60. The molecule has 0 amide bonds. The lowest BCUT2D eigenvalue weighted by Crippen LogP contribution is -1.95. The van der Waals surface area contributed by atoms with Crippen LogP contribution in [0.1, 0.15) is 25.3 Å². The van der Waals surface area contributed by atoms with Gasteiger partial charge in [0.1, 0.15) is 11.8 Å². The second kappa shape index (κ2) is 5.06. The molecule has 0 aliphatic rings. The predicted octanol–water partition coefficient (Wildman–Crippen LogP) is 3.28. The first-order valence-electron chi connectivity index (χ1n) is 6.01. The fourth-order valence-corrected chi connectivity index (χ4v) is 2.67. The molecule has 0 aliphatic carbocycles. The van der Waals surface area contributed by atoms with E-state index < -0.39 is 0 Å². The third-order valence-corrected chi connectivity index (χ3v) is 3.75. The lowest BCUT2D eigenvalue weighted by atomic mass is 10.0. The molecule has 0 spiro atoms. The molecule has 0 atom stereocenters. The van der Waals surface area contributed by atoms with E-state index in [0.29, 0.717) is 16.3 Å². The van der Waals surface area contributed by atoms with E-state index in [4.69, 9.17) is 16.0 Å². The smallest absolute Gasteiger partial charge is 0.276 e. The molecule has 0 N–H and O–H groups in total. The fourth-order valence-electron chi connectivity index (χ4n) is 2.15. The van der Waals surface area contributed by atoms with Crippen LogP contribution in [0, 0.1) is 0 Å². The number of hydrogen-bond acceptors (Lipinski definition) is 6. The van der Waals surface area contributed by atoms with Gasteiger partial charge in [0.25, 0.3) is 11.1 Å².